The first-order chi connectivity index (χ1) is 9.80. The zero-order chi connectivity index (χ0) is 15.3. The Hall–Kier alpha value is -0.910. The summed E-state index contributed by atoms with van der Waals surface area (Å²) < 4.78 is 32.9. The molecule has 0 unspecified atom stereocenters. The SMILES string of the molecule is CC(C)(C)c1ccc(S(=O)(=O)N2[C@@H]3CC[C@H]2COC3)cc1. The number of nitrogens with zero attached hydrogens (tertiary/aromatic N) is 1. The van der Waals surface area contributed by atoms with E-state index in [-0.39, 0.29) is 17.5 Å². The average molecular weight is 309 g/mol. The molecular formula is C16H23NO3S. The molecule has 2 atom stereocenters. The summed E-state index contributed by atoms with van der Waals surface area (Å²) in [6.45, 7) is 7.42. The Labute approximate surface area is 127 Å². The summed E-state index contributed by atoms with van der Waals surface area (Å²) >= 11 is 0. The fraction of sp³-hybridized carbons (Fsp3) is 0.625. The lowest BCUT2D eigenvalue weighted by atomic mass is 9.87. The number of sulfonamides is 1. The Morgan fingerprint density at radius 3 is 2.05 bits per heavy atom. The molecular weight excluding hydrogens is 286 g/mol. The van der Waals surface area contributed by atoms with E-state index in [1.165, 1.54) is 0 Å². The van der Waals surface area contributed by atoms with Gasteiger partial charge in [-0.2, -0.15) is 4.31 Å². The second kappa shape index (κ2) is 5.07. The second-order valence-corrected chi connectivity index (χ2v) is 8.87. The maximum atomic E-state index is 12.9. The molecule has 2 fully saturated rings. The van der Waals surface area contributed by atoms with E-state index in [4.69, 9.17) is 4.74 Å². The lowest BCUT2D eigenvalue weighted by Crippen LogP contribution is -2.48. The summed E-state index contributed by atoms with van der Waals surface area (Å²) in [7, 11) is -3.41. The molecule has 4 nitrogen and oxygen atoms in total. The maximum absolute atomic E-state index is 12.9. The zero-order valence-corrected chi connectivity index (χ0v) is 13.7. The molecule has 0 saturated carbocycles. The Bertz CT molecular complexity index is 600. The molecule has 5 heteroatoms. The minimum absolute atomic E-state index is 0.0102. The summed E-state index contributed by atoms with van der Waals surface area (Å²) in [4.78, 5) is 0.398. The third-order valence-corrected chi connectivity index (χ3v) is 6.49. The van der Waals surface area contributed by atoms with Crippen molar-refractivity contribution in [3.63, 3.8) is 0 Å². The number of fused-ring (bicyclic) bond motifs is 2. The minimum Gasteiger partial charge on any atom is -0.378 e. The largest absolute Gasteiger partial charge is 0.378 e. The van der Waals surface area contributed by atoms with Gasteiger partial charge in [0, 0.05) is 12.1 Å². The third-order valence-electron chi connectivity index (χ3n) is 4.47. The van der Waals surface area contributed by atoms with Gasteiger partial charge in [0.15, 0.2) is 0 Å². The van der Waals surface area contributed by atoms with Gasteiger partial charge in [0.2, 0.25) is 10.0 Å². The van der Waals surface area contributed by atoms with E-state index in [2.05, 4.69) is 20.8 Å². The molecule has 21 heavy (non-hydrogen) atoms. The molecule has 0 aliphatic carbocycles. The number of rotatable bonds is 2. The van der Waals surface area contributed by atoms with Gasteiger partial charge in [-0.25, -0.2) is 8.42 Å². The van der Waals surface area contributed by atoms with Crippen LogP contribution in [0.1, 0.15) is 39.2 Å². The quantitative estimate of drug-likeness (QED) is 0.843. The predicted octanol–water partition coefficient (Wildman–Crippen LogP) is 2.54. The first-order valence-corrected chi connectivity index (χ1v) is 8.96. The van der Waals surface area contributed by atoms with Crippen LogP contribution in [-0.2, 0) is 20.2 Å². The number of benzene rings is 1. The number of hydrogen-bond donors (Lipinski definition) is 0. The summed E-state index contributed by atoms with van der Waals surface area (Å²) in [6, 6.07) is 7.35. The van der Waals surface area contributed by atoms with Crippen molar-refractivity contribution in [2.24, 2.45) is 0 Å². The van der Waals surface area contributed by atoms with Crippen LogP contribution in [0, 0.1) is 0 Å². The van der Waals surface area contributed by atoms with E-state index in [1.807, 2.05) is 12.1 Å². The zero-order valence-electron chi connectivity index (χ0n) is 12.9. The van der Waals surface area contributed by atoms with Crippen LogP contribution in [-0.4, -0.2) is 38.0 Å². The number of hydrogen-bond acceptors (Lipinski definition) is 3. The monoisotopic (exact) mass is 309 g/mol. The van der Waals surface area contributed by atoms with Gasteiger partial charge in [-0.05, 0) is 36.0 Å². The molecule has 2 saturated heterocycles. The standard InChI is InChI=1S/C16H23NO3S/c1-16(2,3)12-4-8-15(9-5-12)21(18,19)17-13-6-7-14(17)11-20-10-13/h4-5,8-9,13-14H,6-7,10-11H2,1-3H3/t13-,14+. The van der Waals surface area contributed by atoms with Crippen LogP contribution in [0.5, 0.6) is 0 Å². The number of morpholine rings is 1. The highest BCUT2D eigenvalue weighted by Crippen LogP contribution is 2.34. The molecule has 0 radical (unpaired) electrons. The van der Waals surface area contributed by atoms with Crippen LogP contribution in [0.2, 0.25) is 0 Å². The molecule has 3 rings (SSSR count). The van der Waals surface area contributed by atoms with Crippen LogP contribution in [0.15, 0.2) is 29.2 Å². The van der Waals surface area contributed by atoms with Crippen molar-refractivity contribution in [3.05, 3.63) is 29.8 Å². The van der Waals surface area contributed by atoms with E-state index >= 15 is 0 Å². The van der Waals surface area contributed by atoms with Crippen molar-refractivity contribution < 1.29 is 13.2 Å². The first-order valence-electron chi connectivity index (χ1n) is 7.52. The van der Waals surface area contributed by atoms with E-state index in [9.17, 15) is 8.42 Å². The molecule has 2 aliphatic rings. The van der Waals surface area contributed by atoms with E-state index < -0.39 is 10.0 Å². The lowest BCUT2D eigenvalue weighted by molar-refractivity contribution is 0.0269. The van der Waals surface area contributed by atoms with Crippen LogP contribution >= 0.6 is 0 Å². The molecule has 0 spiro atoms. The van der Waals surface area contributed by atoms with Gasteiger partial charge >= 0.3 is 0 Å². The summed E-state index contributed by atoms with van der Waals surface area (Å²) in [5, 5.41) is 0. The van der Waals surface area contributed by atoms with Crippen molar-refractivity contribution in [2.75, 3.05) is 13.2 Å². The van der Waals surface area contributed by atoms with Crippen molar-refractivity contribution in [2.45, 2.75) is 56.0 Å². The highest BCUT2D eigenvalue weighted by Gasteiger charge is 2.45. The van der Waals surface area contributed by atoms with Crippen LogP contribution in [0.25, 0.3) is 0 Å². The Morgan fingerprint density at radius 1 is 1.05 bits per heavy atom. The second-order valence-electron chi connectivity index (χ2n) is 7.03. The Balaban J connectivity index is 1.92. The van der Waals surface area contributed by atoms with Gasteiger partial charge in [-0.15, -0.1) is 0 Å². The summed E-state index contributed by atoms with van der Waals surface area (Å²) in [6.07, 6.45) is 1.81. The van der Waals surface area contributed by atoms with Gasteiger partial charge in [-0.1, -0.05) is 32.9 Å². The molecule has 1 aromatic carbocycles. The average Bonchev–Trinajstić information content (AvgIpc) is 2.69. The lowest BCUT2D eigenvalue weighted by Gasteiger charge is -2.33. The van der Waals surface area contributed by atoms with Crippen LogP contribution in [0.3, 0.4) is 0 Å². The van der Waals surface area contributed by atoms with Gasteiger partial charge in [-0.3, -0.25) is 0 Å². The third kappa shape index (κ3) is 2.62. The molecule has 0 aromatic heterocycles. The van der Waals surface area contributed by atoms with E-state index in [0.717, 1.165) is 18.4 Å². The highest BCUT2D eigenvalue weighted by molar-refractivity contribution is 7.89. The maximum Gasteiger partial charge on any atom is 0.243 e. The van der Waals surface area contributed by atoms with Crippen molar-refractivity contribution in [3.8, 4) is 0 Å². The highest BCUT2D eigenvalue weighted by atomic mass is 32.2. The fourth-order valence-corrected chi connectivity index (χ4v) is 5.07. The first kappa shape index (κ1) is 15.0. The topological polar surface area (TPSA) is 46.6 Å². The molecule has 1 aromatic rings. The van der Waals surface area contributed by atoms with Gasteiger partial charge < -0.3 is 4.74 Å². The van der Waals surface area contributed by atoms with E-state index in [0.29, 0.717) is 18.1 Å². The van der Waals surface area contributed by atoms with E-state index in [1.54, 1.807) is 16.4 Å². The molecule has 116 valence electrons. The van der Waals surface area contributed by atoms with Crippen molar-refractivity contribution in [1.29, 1.82) is 0 Å². The number of ether oxygens (including phenoxy) is 1. The molecule has 2 aliphatic heterocycles. The smallest absolute Gasteiger partial charge is 0.243 e. The Morgan fingerprint density at radius 2 is 1.57 bits per heavy atom. The Kier molecular flexibility index (Phi) is 3.62. The molecule has 2 bridgehead atoms. The predicted molar refractivity (Wildman–Crippen MR) is 81.8 cm³/mol. The van der Waals surface area contributed by atoms with Gasteiger partial charge in [0.1, 0.15) is 0 Å². The van der Waals surface area contributed by atoms with Crippen LogP contribution in [0.4, 0.5) is 0 Å². The van der Waals surface area contributed by atoms with Crippen molar-refractivity contribution >= 4 is 10.0 Å². The van der Waals surface area contributed by atoms with Gasteiger partial charge in [0.05, 0.1) is 18.1 Å². The van der Waals surface area contributed by atoms with Crippen LogP contribution < -0.4 is 0 Å². The minimum atomic E-state index is -3.41. The molecule has 2 heterocycles. The van der Waals surface area contributed by atoms with Gasteiger partial charge in [0.25, 0.3) is 0 Å². The molecule has 0 amide bonds. The van der Waals surface area contributed by atoms with Crippen molar-refractivity contribution in [1.82, 2.24) is 4.31 Å². The molecule has 0 N–H and O–H groups in total. The summed E-state index contributed by atoms with van der Waals surface area (Å²) in [5.74, 6) is 0. The fourth-order valence-electron chi connectivity index (χ4n) is 3.23. The summed E-state index contributed by atoms with van der Waals surface area (Å²) in [5.41, 5.74) is 1.17. The normalized spacial score (nSPS) is 27.0.